The Morgan fingerprint density at radius 2 is 1.90 bits per heavy atom. The maximum Gasteiger partial charge on any atom is 0.232 e. The fraction of sp³-hybridized carbons (Fsp3) is 0.409. The number of ether oxygens (including phenoxy) is 1. The molecule has 2 rings (SSSR count). The van der Waals surface area contributed by atoms with Gasteiger partial charge in [-0.2, -0.15) is 0 Å². The number of aryl methyl sites for hydroxylation is 1. The number of halogens is 1. The monoisotopic (exact) mass is 496 g/mol. The van der Waals surface area contributed by atoms with Gasteiger partial charge in [0, 0.05) is 17.4 Å². The zero-order chi connectivity index (χ0) is 22.0. The van der Waals surface area contributed by atoms with Gasteiger partial charge in [0.1, 0.15) is 12.4 Å². The minimum Gasteiger partial charge on any atom is -0.492 e. The molecule has 164 valence electrons. The Labute approximate surface area is 187 Å². The second-order valence-corrected chi connectivity index (χ2v) is 9.83. The van der Waals surface area contributed by atoms with Crippen molar-refractivity contribution in [1.82, 2.24) is 5.32 Å². The Morgan fingerprint density at radius 1 is 1.17 bits per heavy atom. The quantitative estimate of drug-likeness (QED) is 0.448. The van der Waals surface area contributed by atoms with Crippen molar-refractivity contribution in [2.24, 2.45) is 0 Å². The molecule has 0 saturated heterocycles. The van der Waals surface area contributed by atoms with Gasteiger partial charge in [-0.05, 0) is 48.7 Å². The number of carbonyl (C=O) groups excluding carboxylic acids is 1. The van der Waals surface area contributed by atoms with Crippen molar-refractivity contribution in [3.05, 3.63) is 58.6 Å². The fourth-order valence-corrected chi connectivity index (χ4v) is 4.33. The first-order valence-corrected chi connectivity index (χ1v) is 12.7. The van der Waals surface area contributed by atoms with Crippen LogP contribution in [0.25, 0.3) is 0 Å². The zero-order valence-corrected chi connectivity index (χ0v) is 19.8. The molecule has 0 bridgehead atoms. The van der Waals surface area contributed by atoms with Crippen LogP contribution in [0.5, 0.6) is 5.75 Å². The van der Waals surface area contributed by atoms with Crippen molar-refractivity contribution in [2.75, 3.05) is 30.3 Å². The van der Waals surface area contributed by atoms with Crippen LogP contribution < -0.4 is 14.4 Å². The fourth-order valence-electron chi connectivity index (χ4n) is 2.99. The number of amides is 1. The van der Waals surface area contributed by atoms with E-state index in [9.17, 15) is 13.2 Å². The van der Waals surface area contributed by atoms with Gasteiger partial charge in [-0.3, -0.25) is 9.10 Å². The van der Waals surface area contributed by atoms with Gasteiger partial charge < -0.3 is 10.1 Å². The first-order valence-electron chi connectivity index (χ1n) is 10.0. The summed E-state index contributed by atoms with van der Waals surface area (Å²) < 4.78 is 32.0. The summed E-state index contributed by atoms with van der Waals surface area (Å²) in [5.74, 6) is 0.654. The molecule has 0 heterocycles. The van der Waals surface area contributed by atoms with Crippen molar-refractivity contribution in [3.8, 4) is 5.75 Å². The molecule has 8 heteroatoms. The molecule has 6 nitrogen and oxygen atoms in total. The SMILES string of the molecule is CCCc1ccc(OCCNC(=O)CCCN(c2cccc(Br)c2)S(C)(=O)=O)cc1. The van der Waals surface area contributed by atoms with Crippen molar-refractivity contribution in [3.63, 3.8) is 0 Å². The number of benzene rings is 2. The maximum atomic E-state index is 12.1. The molecule has 0 saturated carbocycles. The van der Waals surface area contributed by atoms with Crippen molar-refractivity contribution in [2.45, 2.75) is 32.6 Å². The smallest absolute Gasteiger partial charge is 0.232 e. The van der Waals surface area contributed by atoms with Crippen LogP contribution in [0.3, 0.4) is 0 Å². The summed E-state index contributed by atoms with van der Waals surface area (Å²) in [6.07, 6.45) is 3.99. The lowest BCUT2D eigenvalue weighted by Crippen LogP contribution is -2.32. The molecule has 0 aliphatic heterocycles. The second kappa shape index (κ2) is 12.0. The molecule has 0 atom stereocenters. The number of nitrogens with one attached hydrogen (secondary N) is 1. The van der Waals surface area contributed by atoms with E-state index in [0.717, 1.165) is 23.1 Å². The van der Waals surface area contributed by atoms with Gasteiger partial charge in [-0.1, -0.05) is 47.5 Å². The van der Waals surface area contributed by atoms with E-state index in [4.69, 9.17) is 4.74 Å². The van der Waals surface area contributed by atoms with Crippen LogP contribution >= 0.6 is 15.9 Å². The van der Waals surface area contributed by atoms with Gasteiger partial charge in [0.25, 0.3) is 0 Å². The van der Waals surface area contributed by atoms with Gasteiger partial charge in [-0.15, -0.1) is 0 Å². The molecule has 1 amide bonds. The number of rotatable bonds is 12. The molecule has 0 unspecified atom stereocenters. The third-order valence-corrected chi connectivity index (χ3v) is 6.10. The molecule has 0 spiro atoms. The van der Waals surface area contributed by atoms with E-state index in [-0.39, 0.29) is 18.9 Å². The number of hydrogen-bond donors (Lipinski definition) is 1. The summed E-state index contributed by atoms with van der Waals surface area (Å²) in [5, 5.41) is 2.81. The Bertz CT molecular complexity index is 917. The minimum atomic E-state index is -3.43. The largest absolute Gasteiger partial charge is 0.492 e. The van der Waals surface area contributed by atoms with Gasteiger partial charge in [0.05, 0.1) is 18.5 Å². The average molecular weight is 497 g/mol. The Balaban J connectivity index is 1.71. The summed E-state index contributed by atoms with van der Waals surface area (Å²) in [5.41, 5.74) is 1.86. The molecule has 0 aliphatic rings. The topological polar surface area (TPSA) is 75.7 Å². The molecule has 1 N–H and O–H groups in total. The van der Waals surface area contributed by atoms with Crippen LogP contribution in [0.1, 0.15) is 31.7 Å². The Morgan fingerprint density at radius 3 is 2.53 bits per heavy atom. The van der Waals surface area contributed by atoms with Crippen LogP contribution in [0, 0.1) is 0 Å². The summed E-state index contributed by atoms with van der Waals surface area (Å²) in [6.45, 7) is 3.17. The predicted octanol–water partition coefficient (Wildman–Crippen LogP) is 4.14. The van der Waals surface area contributed by atoms with Crippen molar-refractivity contribution in [1.29, 1.82) is 0 Å². The Hall–Kier alpha value is -2.06. The first kappa shape index (κ1) is 24.2. The van der Waals surface area contributed by atoms with Crippen LogP contribution in [-0.2, 0) is 21.2 Å². The molecule has 2 aromatic rings. The molecule has 0 aliphatic carbocycles. The molecule has 0 aromatic heterocycles. The summed E-state index contributed by atoms with van der Waals surface area (Å²) in [7, 11) is -3.43. The second-order valence-electron chi connectivity index (χ2n) is 7.01. The highest BCUT2D eigenvalue weighted by Crippen LogP contribution is 2.22. The van der Waals surface area contributed by atoms with E-state index in [1.165, 1.54) is 16.1 Å². The Kier molecular flexibility index (Phi) is 9.65. The number of anilines is 1. The van der Waals surface area contributed by atoms with Crippen LogP contribution in [0.15, 0.2) is 53.0 Å². The number of nitrogens with zero attached hydrogens (tertiary/aromatic N) is 1. The predicted molar refractivity (Wildman–Crippen MR) is 125 cm³/mol. The van der Waals surface area contributed by atoms with Crippen molar-refractivity contribution < 1.29 is 17.9 Å². The third kappa shape index (κ3) is 8.36. The lowest BCUT2D eigenvalue weighted by molar-refractivity contribution is -0.121. The molecular weight excluding hydrogens is 468 g/mol. The van der Waals surface area contributed by atoms with E-state index < -0.39 is 10.0 Å². The van der Waals surface area contributed by atoms with Gasteiger partial charge in [0.15, 0.2) is 0 Å². The highest BCUT2D eigenvalue weighted by Gasteiger charge is 2.17. The van der Waals surface area contributed by atoms with E-state index in [1.54, 1.807) is 18.2 Å². The lowest BCUT2D eigenvalue weighted by Gasteiger charge is -2.22. The van der Waals surface area contributed by atoms with E-state index in [2.05, 4.69) is 40.3 Å². The lowest BCUT2D eigenvalue weighted by atomic mass is 10.1. The van der Waals surface area contributed by atoms with Gasteiger partial charge in [-0.25, -0.2) is 8.42 Å². The maximum absolute atomic E-state index is 12.1. The van der Waals surface area contributed by atoms with E-state index >= 15 is 0 Å². The van der Waals surface area contributed by atoms with Gasteiger partial charge in [0.2, 0.25) is 15.9 Å². The first-order chi connectivity index (χ1) is 14.3. The van der Waals surface area contributed by atoms with E-state index in [1.807, 2.05) is 18.2 Å². The van der Waals surface area contributed by atoms with Crippen molar-refractivity contribution >= 4 is 37.5 Å². The number of sulfonamides is 1. The third-order valence-electron chi connectivity index (χ3n) is 4.42. The molecule has 0 fully saturated rings. The van der Waals surface area contributed by atoms with Crippen LogP contribution in [0.4, 0.5) is 5.69 Å². The number of carbonyl (C=O) groups is 1. The normalized spacial score (nSPS) is 11.2. The van der Waals surface area contributed by atoms with Crippen LogP contribution in [-0.4, -0.2) is 40.3 Å². The zero-order valence-electron chi connectivity index (χ0n) is 17.4. The highest BCUT2D eigenvalue weighted by atomic mass is 79.9. The molecular formula is C22H29BrN2O4S. The van der Waals surface area contributed by atoms with Crippen LogP contribution in [0.2, 0.25) is 0 Å². The molecule has 30 heavy (non-hydrogen) atoms. The van der Waals surface area contributed by atoms with Gasteiger partial charge >= 0.3 is 0 Å². The standard InChI is InChI=1S/C22H29BrN2O4S/c1-3-6-18-10-12-21(13-11-18)29-16-14-24-22(26)9-5-15-25(30(2,27)28)20-8-4-7-19(23)17-20/h4,7-8,10-13,17H,3,5-6,9,14-16H2,1-2H3,(H,24,26). The summed E-state index contributed by atoms with van der Waals surface area (Å²) in [6, 6.07) is 15.1. The molecule has 2 aromatic carbocycles. The van der Waals surface area contributed by atoms with E-state index in [0.29, 0.717) is 25.3 Å². The average Bonchev–Trinajstić information content (AvgIpc) is 2.69. The number of hydrogen-bond acceptors (Lipinski definition) is 4. The summed E-state index contributed by atoms with van der Waals surface area (Å²) >= 11 is 3.35. The highest BCUT2D eigenvalue weighted by molar-refractivity contribution is 9.10. The summed E-state index contributed by atoms with van der Waals surface area (Å²) in [4.78, 5) is 12.1. The minimum absolute atomic E-state index is 0.125. The molecule has 0 radical (unpaired) electrons.